The zero-order valence-electron chi connectivity index (χ0n) is 10.6. The molecule has 0 aliphatic carbocycles. The lowest BCUT2D eigenvalue weighted by molar-refractivity contribution is -0.147. The quantitative estimate of drug-likeness (QED) is 0.494. The molecule has 0 spiro atoms. The number of rotatable bonds is 8. The smallest absolute Gasteiger partial charge is 0.325 e. The lowest BCUT2D eigenvalue weighted by Crippen LogP contribution is -2.48. The number of carbonyl (C=O) groups is 1. The minimum absolute atomic E-state index is 0.0778. The molecule has 0 rings (SSSR count). The fourth-order valence-electron chi connectivity index (χ4n) is 1.46. The van der Waals surface area contributed by atoms with E-state index in [9.17, 15) is 4.79 Å². The van der Waals surface area contributed by atoms with E-state index in [-0.39, 0.29) is 6.10 Å². The normalized spacial score (nSPS) is 16.6. The Labute approximate surface area is 97.2 Å². The maximum Gasteiger partial charge on any atom is 0.325 e. The van der Waals surface area contributed by atoms with Crippen LogP contribution in [0, 0.1) is 0 Å². The number of methoxy groups -OCH3 is 2. The van der Waals surface area contributed by atoms with Crippen LogP contribution in [0.4, 0.5) is 0 Å². The Morgan fingerprint density at radius 1 is 1.38 bits per heavy atom. The average Bonchev–Trinajstić information content (AvgIpc) is 2.22. The third-order valence-electron chi connectivity index (χ3n) is 2.26. The second kappa shape index (κ2) is 7.60. The Morgan fingerprint density at radius 2 is 2.00 bits per heavy atom. The Bertz CT molecular complexity index is 206. The summed E-state index contributed by atoms with van der Waals surface area (Å²) in [5, 5.41) is 0. The summed E-state index contributed by atoms with van der Waals surface area (Å²) in [6, 6.07) is 0. The van der Waals surface area contributed by atoms with Gasteiger partial charge in [0.1, 0.15) is 5.54 Å². The topological polar surface area (TPSA) is 70.8 Å². The molecular weight excluding hydrogens is 210 g/mol. The highest BCUT2D eigenvalue weighted by Gasteiger charge is 2.31. The van der Waals surface area contributed by atoms with Crippen molar-refractivity contribution in [2.75, 3.05) is 27.4 Å². The molecule has 16 heavy (non-hydrogen) atoms. The van der Waals surface area contributed by atoms with E-state index in [1.807, 2.05) is 6.92 Å². The molecule has 5 nitrogen and oxygen atoms in total. The fraction of sp³-hybridized carbons (Fsp3) is 0.909. The molecule has 0 fully saturated rings. The van der Waals surface area contributed by atoms with Crippen LogP contribution in [0.25, 0.3) is 0 Å². The molecule has 2 unspecified atom stereocenters. The number of esters is 1. The molecular formula is C11H23NO4. The van der Waals surface area contributed by atoms with Crippen molar-refractivity contribution in [3.05, 3.63) is 0 Å². The minimum atomic E-state index is -0.991. The van der Waals surface area contributed by atoms with Crippen molar-refractivity contribution in [1.29, 1.82) is 0 Å². The third kappa shape index (κ3) is 6.05. The molecule has 0 saturated carbocycles. The molecule has 0 aliphatic rings. The second-order valence-corrected chi connectivity index (χ2v) is 4.14. The highest BCUT2D eigenvalue weighted by atomic mass is 16.5. The summed E-state index contributed by atoms with van der Waals surface area (Å²) in [5.74, 6) is -0.417. The van der Waals surface area contributed by atoms with Crippen LogP contribution in [-0.4, -0.2) is 45.0 Å². The predicted octanol–water partition coefficient (Wildman–Crippen LogP) is 0.709. The molecule has 0 aliphatic heterocycles. The first-order valence-electron chi connectivity index (χ1n) is 5.42. The van der Waals surface area contributed by atoms with Crippen molar-refractivity contribution >= 4 is 5.97 Å². The molecule has 0 aromatic carbocycles. The van der Waals surface area contributed by atoms with Crippen molar-refractivity contribution in [2.45, 2.75) is 38.3 Å². The molecule has 5 heteroatoms. The van der Waals surface area contributed by atoms with E-state index in [2.05, 4.69) is 4.74 Å². The van der Waals surface area contributed by atoms with E-state index in [4.69, 9.17) is 15.2 Å². The van der Waals surface area contributed by atoms with Crippen LogP contribution in [0.1, 0.15) is 26.7 Å². The van der Waals surface area contributed by atoms with Gasteiger partial charge in [-0.3, -0.25) is 4.79 Å². The summed E-state index contributed by atoms with van der Waals surface area (Å²) in [5.41, 5.74) is 4.83. The van der Waals surface area contributed by atoms with E-state index in [0.29, 0.717) is 19.6 Å². The molecule has 0 aromatic rings. The van der Waals surface area contributed by atoms with Gasteiger partial charge in [0.15, 0.2) is 0 Å². The molecule has 0 heterocycles. The van der Waals surface area contributed by atoms with Crippen LogP contribution in [0.15, 0.2) is 0 Å². The largest absolute Gasteiger partial charge is 0.468 e. The first kappa shape index (κ1) is 15.3. The van der Waals surface area contributed by atoms with Gasteiger partial charge in [0, 0.05) is 26.7 Å². The van der Waals surface area contributed by atoms with Crippen LogP contribution in [-0.2, 0) is 19.0 Å². The van der Waals surface area contributed by atoms with Gasteiger partial charge < -0.3 is 19.9 Å². The maximum atomic E-state index is 11.3. The van der Waals surface area contributed by atoms with Crippen molar-refractivity contribution in [3.8, 4) is 0 Å². The van der Waals surface area contributed by atoms with E-state index >= 15 is 0 Å². The summed E-state index contributed by atoms with van der Waals surface area (Å²) in [4.78, 5) is 11.3. The molecule has 0 bridgehead atoms. The van der Waals surface area contributed by atoms with Gasteiger partial charge in [0.05, 0.1) is 13.2 Å². The number of ether oxygens (including phenoxy) is 3. The van der Waals surface area contributed by atoms with Gasteiger partial charge in [0.2, 0.25) is 0 Å². The summed E-state index contributed by atoms with van der Waals surface area (Å²) in [7, 11) is 2.98. The third-order valence-corrected chi connectivity index (χ3v) is 2.26. The summed E-state index contributed by atoms with van der Waals surface area (Å²) < 4.78 is 15.0. The van der Waals surface area contributed by atoms with Crippen molar-refractivity contribution in [3.63, 3.8) is 0 Å². The molecule has 96 valence electrons. The Hall–Kier alpha value is -0.650. The monoisotopic (exact) mass is 233 g/mol. The fourth-order valence-corrected chi connectivity index (χ4v) is 1.46. The number of nitrogens with two attached hydrogens (primary N) is 1. The Morgan fingerprint density at radius 3 is 2.50 bits per heavy atom. The molecule has 2 atom stereocenters. The van der Waals surface area contributed by atoms with Gasteiger partial charge in [-0.05, 0) is 20.3 Å². The van der Waals surface area contributed by atoms with E-state index in [1.165, 1.54) is 7.11 Å². The minimum Gasteiger partial charge on any atom is -0.468 e. The molecule has 0 radical (unpaired) electrons. The van der Waals surface area contributed by atoms with Gasteiger partial charge in [0.25, 0.3) is 0 Å². The molecule has 0 aromatic heterocycles. The van der Waals surface area contributed by atoms with Crippen LogP contribution < -0.4 is 5.73 Å². The summed E-state index contributed by atoms with van der Waals surface area (Å²) >= 11 is 0. The zero-order valence-corrected chi connectivity index (χ0v) is 10.6. The van der Waals surface area contributed by atoms with Crippen LogP contribution >= 0.6 is 0 Å². The van der Waals surface area contributed by atoms with Crippen molar-refractivity contribution in [2.24, 2.45) is 5.73 Å². The SMILES string of the molecule is COCCCOC(C)CC(C)(N)C(=O)OC. The van der Waals surface area contributed by atoms with E-state index < -0.39 is 11.5 Å². The van der Waals surface area contributed by atoms with Gasteiger partial charge in [-0.15, -0.1) is 0 Å². The highest BCUT2D eigenvalue weighted by molar-refractivity contribution is 5.79. The van der Waals surface area contributed by atoms with E-state index in [1.54, 1.807) is 14.0 Å². The predicted molar refractivity (Wildman–Crippen MR) is 61.1 cm³/mol. The second-order valence-electron chi connectivity index (χ2n) is 4.14. The first-order valence-corrected chi connectivity index (χ1v) is 5.42. The maximum absolute atomic E-state index is 11.3. The number of hydrogen-bond acceptors (Lipinski definition) is 5. The van der Waals surface area contributed by atoms with Gasteiger partial charge in [-0.1, -0.05) is 0 Å². The van der Waals surface area contributed by atoms with Crippen molar-refractivity contribution in [1.82, 2.24) is 0 Å². The summed E-state index contributed by atoms with van der Waals surface area (Å²) in [6.07, 6.45) is 1.19. The standard InChI is InChI=1S/C11H23NO4/c1-9(16-7-5-6-14-3)8-11(2,12)10(13)15-4/h9H,5-8,12H2,1-4H3. The number of hydrogen-bond donors (Lipinski definition) is 1. The Kier molecular flexibility index (Phi) is 7.29. The summed E-state index contributed by atoms with van der Waals surface area (Å²) in [6.45, 7) is 4.81. The van der Waals surface area contributed by atoms with E-state index in [0.717, 1.165) is 6.42 Å². The van der Waals surface area contributed by atoms with Crippen LogP contribution in [0.2, 0.25) is 0 Å². The van der Waals surface area contributed by atoms with Gasteiger partial charge in [-0.25, -0.2) is 0 Å². The first-order chi connectivity index (χ1) is 7.44. The highest BCUT2D eigenvalue weighted by Crippen LogP contribution is 2.13. The molecule has 0 amide bonds. The van der Waals surface area contributed by atoms with Gasteiger partial charge in [-0.2, -0.15) is 0 Å². The van der Waals surface area contributed by atoms with Gasteiger partial charge >= 0.3 is 5.97 Å². The average molecular weight is 233 g/mol. The Balaban J connectivity index is 3.85. The number of carbonyl (C=O) groups excluding carboxylic acids is 1. The molecule has 2 N–H and O–H groups in total. The lowest BCUT2D eigenvalue weighted by Gasteiger charge is -2.25. The lowest BCUT2D eigenvalue weighted by atomic mass is 9.96. The zero-order chi connectivity index (χ0) is 12.6. The van der Waals surface area contributed by atoms with Crippen molar-refractivity contribution < 1.29 is 19.0 Å². The van der Waals surface area contributed by atoms with Crippen LogP contribution in [0.5, 0.6) is 0 Å². The molecule has 0 saturated heterocycles. The van der Waals surface area contributed by atoms with Crippen LogP contribution in [0.3, 0.4) is 0 Å².